The van der Waals surface area contributed by atoms with Crippen LogP contribution in [0.1, 0.15) is 46.0 Å². The van der Waals surface area contributed by atoms with Gasteiger partial charge in [-0.3, -0.25) is 4.79 Å². The van der Waals surface area contributed by atoms with E-state index in [1.54, 1.807) is 12.1 Å². The van der Waals surface area contributed by atoms with Crippen molar-refractivity contribution in [3.63, 3.8) is 0 Å². The minimum absolute atomic E-state index is 0.235. The van der Waals surface area contributed by atoms with Gasteiger partial charge in [0.2, 0.25) is 5.75 Å². The first-order valence-electron chi connectivity index (χ1n) is 8.77. The molecule has 0 fully saturated rings. The Labute approximate surface area is 158 Å². The van der Waals surface area contributed by atoms with Crippen LogP contribution in [0.2, 0.25) is 0 Å². The number of ether oxygens (including phenoxy) is 4. The van der Waals surface area contributed by atoms with Crippen molar-refractivity contribution in [2.24, 2.45) is 0 Å². The second kappa shape index (κ2) is 8.12. The van der Waals surface area contributed by atoms with Gasteiger partial charge in [0.1, 0.15) is 13.2 Å². The van der Waals surface area contributed by atoms with Crippen LogP contribution >= 0.6 is 0 Å². The molecule has 1 heterocycles. The quantitative estimate of drug-likeness (QED) is 0.571. The van der Waals surface area contributed by atoms with Crippen LogP contribution in [0.4, 0.5) is 0 Å². The normalized spacial score (nSPS) is 12.6. The maximum Gasteiger partial charge on any atom is 0.338 e. The number of methoxy groups -OCH3 is 1. The Bertz CT molecular complexity index is 821. The molecule has 0 N–H and O–H groups in total. The molecule has 0 aromatic heterocycles. The van der Waals surface area contributed by atoms with Crippen LogP contribution in [0.15, 0.2) is 36.4 Å². The van der Waals surface area contributed by atoms with Gasteiger partial charge in [0.05, 0.1) is 12.7 Å². The highest BCUT2D eigenvalue weighted by atomic mass is 16.6. The van der Waals surface area contributed by atoms with Gasteiger partial charge in [0.15, 0.2) is 23.9 Å². The van der Waals surface area contributed by atoms with Crippen molar-refractivity contribution in [3.8, 4) is 17.2 Å². The van der Waals surface area contributed by atoms with Crippen LogP contribution in [0.3, 0.4) is 0 Å². The summed E-state index contributed by atoms with van der Waals surface area (Å²) in [4.78, 5) is 24.6. The molecule has 0 spiro atoms. The lowest BCUT2D eigenvalue weighted by atomic mass is 10.0. The summed E-state index contributed by atoms with van der Waals surface area (Å²) in [6, 6.07) is 10.4. The third kappa shape index (κ3) is 4.22. The van der Waals surface area contributed by atoms with Crippen molar-refractivity contribution in [3.05, 3.63) is 53.1 Å². The Balaban J connectivity index is 1.67. The van der Waals surface area contributed by atoms with Gasteiger partial charge in [0, 0.05) is 5.56 Å². The molecule has 2 aromatic rings. The molecule has 27 heavy (non-hydrogen) atoms. The van der Waals surface area contributed by atoms with Crippen molar-refractivity contribution in [1.82, 2.24) is 0 Å². The molecule has 3 rings (SSSR count). The van der Waals surface area contributed by atoms with Crippen LogP contribution in [0.25, 0.3) is 0 Å². The van der Waals surface area contributed by atoms with Crippen molar-refractivity contribution in [2.45, 2.75) is 19.8 Å². The van der Waals surface area contributed by atoms with Crippen LogP contribution < -0.4 is 14.2 Å². The summed E-state index contributed by atoms with van der Waals surface area (Å²) in [5, 5.41) is 0. The van der Waals surface area contributed by atoms with E-state index in [0.29, 0.717) is 41.9 Å². The molecule has 142 valence electrons. The number of fused-ring (bicyclic) bond motifs is 1. The SMILES string of the molecule is COc1cc(C(=O)OCC(=O)c2ccc(C(C)C)cc2)cc2c1OCCO2. The first-order valence-corrected chi connectivity index (χ1v) is 8.77. The van der Waals surface area contributed by atoms with Gasteiger partial charge in [-0.25, -0.2) is 4.79 Å². The average molecular weight is 370 g/mol. The maximum atomic E-state index is 12.4. The van der Waals surface area contributed by atoms with Gasteiger partial charge in [-0.1, -0.05) is 38.1 Å². The van der Waals surface area contributed by atoms with Crippen molar-refractivity contribution < 1.29 is 28.5 Å². The topological polar surface area (TPSA) is 71.1 Å². The van der Waals surface area contributed by atoms with E-state index < -0.39 is 5.97 Å². The molecule has 6 nitrogen and oxygen atoms in total. The highest BCUT2D eigenvalue weighted by Gasteiger charge is 2.22. The summed E-state index contributed by atoms with van der Waals surface area (Å²) in [7, 11) is 1.48. The van der Waals surface area contributed by atoms with Gasteiger partial charge >= 0.3 is 5.97 Å². The first kappa shape index (κ1) is 18.8. The number of hydrogen-bond acceptors (Lipinski definition) is 6. The number of carbonyl (C=O) groups is 2. The molecule has 0 unspecified atom stereocenters. The lowest BCUT2D eigenvalue weighted by molar-refractivity contribution is 0.0473. The van der Waals surface area contributed by atoms with E-state index in [9.17, 15) is 9.59 Å². The monoisotopic (exact) mass is 370 g/mol. The van der Waals surface area contributed by atoms with E-state index in [1.807, 2.05) is 12.1 Å². The molecule has 0 radical (unpaired) electrons. The smallest absolute Gasteiger partial charge is 0.338 e. The summed E-state index contributed by atoms with van der Waals surface area (Å²) in [6.45, 7) is 4.63. The van der Waals surface area contributed by atoms with Crippen molar-refractivity contribution in [2.75, 3.05) is 26.9 Å². The maximum absolute atomic E-state index is 12.4. The first-order chi connectivity index (χ1) is 13.0. The molecule has 0 atom stereocenters. The summed E-state index contributed by atoms with van der Waals surface area (Å²) < 4.78 is 21.4. The minimum Gasteiger partial charge on any atom is -0.493 e. The fourth-order valence-electron chi connectivity index (χ4n) is 2.74. The zero-order valence-corrected chi connectivity index (χ0v) is 15.6. The molecule has 2 aromatic carbocycles. The molecule has 0 bridgehead atoms. The van der Waals surface area contributed by atoms with Crippen LogP contribution in [-0.2, 0) is 4.74 Å². The van der Waals surface area contributed by atoms with Gasteiger partial charge < -0.3 is 18.9 Å². The predicted octanol–water partition coefficient (Wildman–Crippen LogP) is 3.63. The number of rotatable bonds is 6. The van der Waals surface area contributed by atoms with Crippen LogP contribution in [-0.4, -0.2) is 38.7 Å². The number of carbonyl (C=O) groups excluding carboxylic acids is 2. The Kier molecular flexibility index (Phi) is 5.64. The molecule has 6 heteroatoms. The second-order valence-corrected chi connectivity index (χ2v) is 6.48. The fourth-order valence-corrected chi connectivity index (χ4v) is 2.74. The highest BCUT2D eigenvalue weighted by Crippen LogP contribution is 2.40. The van der Waals surface area contributed by atoms with E-state index in [0.717, 1.165) is 5.56 Å². The summed E-state index contributed by atoms with van der Waals surface area (Å²) in [6.07, 6.45) is 0. The Hall–Kier alpha value is -3.02. The summed E-state index contributed by atoms with van der Waals surface area (Å²) in [5.74, 6) is 0.761. The van der Waals surface area contributed by atoms with Gasteiger partial charge in [-0.2, -0.15) is 0 Å². The molecule has 0 saturated heterocycles. The van der Waals surface area contributed by atoms with Crippen molar-refractivity contribution >= 4 is 11.8 Å². The summed E-state index contributed by atoms with van der Waals surface area (Å²) >= 11 is 0. The zero-order valence-electron chi connectivity index (χ0n) is 15.6. The van der Waals surface area contributed by atoms with Crippen LogP contribution in [0, 0.1) is 0 Å². The molecule has 1 aliphatic heterocycles. The van der Waals surface area contributed by atoms with Gasteiger partial charge in [0.25, 0.3) is 0 Å². The lowest BCUT2D eigenvalue weighted by Gasteiger charge is -2.21. The van der Waals surface area contributed by atoms with Gasteiger partial charge in [-0.05, 0) is 23.6 Å². The number of hydrogen-bond donors (Lipinski definition) is 0. The molecule has 0 aliphatic carbocycles. The molecular weight excluding hydrogens is 348 g/mol. The average Bonchev–Trinajstić information content (AvgIpc) is 2.70. The number of ketones is 1. The van der Waals surface area contributed by atoms with E-state index >= 15 is 0 Å². The van der Waals surface area contributed by atoms with E-state index in [1.165, 1.54) is 19.2 Å². The number of esters is 1. The Morgan fingerprint density at radius 1 is 1.04 bits per heavy atom. The zero-order chi connectivity index (χ0) is 19.4. The summed E-state index contributed by atoms with van der Waals surface area (Å²) in [5.41, 5.74) is 1.89. The molecule has 0 amide bonds. The molecule has 0 saturated carbocycles. The molecule has 1 aliphatic rings. The van der Waals surface area contributed by atoms with E-state index in [2.05, 4.69) is 13.8 Å². The third-order valence-electron chi connectivity index (χ3n) is 4.30. The van der Waals surface area contributed by atoms with E-state index in [-0.39, 0.29) is 18.0 Å². The van der Waals surface area contributed by atoms with E-state index in [4.69, 9.17) is 18.9 Å². The fraction of sp³-hybridized carbons (Fsp3) is 0.333. The largest absolute Gasteiger partial charge is 0.493 e. The Morgan fingerprint density at radius 2 is 1.74 bits per heavy atom. The lowest BCUT2D eigenvalue weighted by Crippen LogP contribution is -2.18. The van der Waals surface area contributed by atoms with Crippen LogP contribution in [0.5, 0.6) is 17.2 Å². The second-order valence-electron chi connectivity index (χ2n) is 6.48. The standard InChI is InChI=1S/C21H22O6/c1-13(2)14-4-6-15(7-5-14)17(22)12-27-21(23)16-10-18(24-3)20-19(11-16)25-8-9-26-20/h4-7,10-11,13H,8-9,12H2,1-3H3. The number of benzene rings is 2. The Morgan fingerprint density at radius 3 is 2.41 bits per heavy atom. The van der Waals surface area contributed by atoms with Crippen molar-refractivity contribution in [1.29, 1.82) is 0 Å². The van der Waals surface area contributed by atoms with Gasteiger partial charge in [-0.15, -0.1) is 0 Å². The third-order valence-corrected chi connectivity index (χ3v) is 4.30. The molecular formula is C21H22O6. The predicted molar refractivity (Wildman–Crippen MR) is 99.1 cm³/mol. The number of Topliss-reactive ketones (excluding diaryl/α,β-unsaturated/α-hetero) is 1. The minimum atomic E-state index is -0.627. The highest BCUT2D eigenvalue weighted by molar-refractivity contribution is 5.99.